The van der Waals surface area contributed by atoms with Crippen LogP contribution in [0.4, 0.5) is 5.82 Å². The molecule has 0 radical (unpaired) electrons. The molecule has 3 heterocycles. The van der Waals surface area contributed by atoms with Crippen LogP contribution in [0.25, 0.3) is 0 Å². The molecule has 0 aromatic carbocycles. The zero-order chi connectivity index (χ0) is 16.1. The fourth-order valence-corrected chi connectivity index (χ4v) is 3.47. The van der Waals surface area contributed by atoms with Crippen LogP contribution in [0.5, 0.6) is 0 Å². The van der Waals surface area contributed by atoms with E-state index in [1.54, 1.807) is 22.8 Å². The highest BCUT2D eigenvalue weighted by atomic mass is 32.2. The minimum Gasteiger partial charge on any atom is -0.369 e. The molecule has 2 aromatic heterocycles. The molecule has 1 N–H and O–H groups in total. The maximum Gasteiger partial charge on any atom is 0.209 e. The number of nitrogens with one attached hydrogen (secondary N) is 1. The summed E-state index contributed by atoms with van der Waals surface area (Å²) < 4.78 is 1.67. The third-order valence-corrected chi connectivity index (χ3v) is 4.96. The first-order valence-corrected chi connectivity index (χ1v) is 8.80. The van der Waals surface area contributed by atoms with Gasteiger partial charge in [-0.15, -0.1) is 5.10 Å². The number of aryl methyl sites for hydroxylation is 1. The molecule has 3 rings (SSSR count). The van der Waals surface area contributed by atoms with Crippen molar-refractivity contribution in [2.24, 2.45) is 7.05 Å². The summed E-state index contributed by atoms with van der Waals surface area (Å²) in [6.45, 7) is 3.06. The fraction of sp³-hybridized carbons (Fsp3) is 0.643. The van der Waals surface area contributed by atoms with Crippen LogP contribution in [0, 0.1) is 0 Å². The number of hydrogen-bond donors (Lipinski definition) is 1. The highest BCUT2D eigenvalue weighted by Gasteiger charge is 2.20. The number of piperidine rings is 1. The van der Waals surface area contributed by atoms with Crippen LogP contribution in [0.15, 0.2) is 17.6 Å². The monoisotopic (exact) mass is 334 g/mol. The summed E-state index contributed by atoms with van der Waals surface area (Å²) in [5.74, 6) is 2.27. The number of rotatable bonds is 6. The highest BCUT2D eigenvalue weighted by molar-refractivity contribution is 7.99. The largest absolute Gasteiger partial charge is 0.369 e. The van der Waals surface area contributed by atoms with Crippen LogP contribution in [-0.4, -0.2) is 67.5 Å². The maximum atomic E-state index is 4.47. The Morgan fingerprint density at radius 1 is 1.35 bits per heavy atom. The third-order valence-electron chi connectivity index (χ3n) is 3.95. The third kappa shape index (κ3) is 4.38. The highest BCUT2D eigenvalue weighted by Crippen LogP contribution is 2.25. The average molecular weight is 334 g/mol. The predicted octanol–water partition coefficient (Wildman–Crippen LogP) is 1.01. The number of aromatic nitrogens is 6. The second-order valence-corrected chi connectivity index (χ2v) is 6.85. The standard InChI is InChI=1S/C14H22N8S/c1-21-6-3-4-11(9-21)12-8-13(17-10-16-12)15-5-7-23-14-18-19-20-22(14)2/h8,10-11H,3-7,9H2,1-2H3,(H,15,16,17)/t11-/m0/s1. The Bertz CT molecular complexity index is 631. The molecule has 9 heteroatoms. The lowest BCUT2D eigenvalue weighted by Gasteiger charge is -2.29. The maximum absolute atomic E-state index is 4.47. The molecule has 1 saturated heterocycles. The molecule has 0 amide bonds. The van der Waals surface area contributed by atoms with Crippen molar-refractivity contribution in [1.82, 2.24) is 35.1 Å². The van der Waals surface area contributed by atoms with Crippen molar-refractivity contribution in [1.29, 1.82) is 0 Å². The van der Waals surface area contributed by atoms with Gasteiger partial charge in [0.05, 0.1) is 5.69 Å². The van der Waals surface area contributed by atoms with Gasteiger partial charge in [0.15, 0.2) is 0 Å². The fourth-order valence-electron chi connectivity index (χ4n) is 2.77. The van der Waals surface area contributed by atoms with Gasteiger partial charge in [0.25, 0.3) is 0 Å². The Morgan fingerprint density at radius 3 is 3.04 bits per heavy atom. The predicted molar refractivity (Wildman–Crippen MR) is 89.5 cm³/mol. The van der Waals surface area contributed by atoms with Crippen molar-refractivity contribution in [2.75, 3.05) is 37.8 Å². The second kappa shape index (κ2) is 7.69. The van der Waals surface area contributed by atoms with E-state index in [-0.39, 0.29) is 0 Å². The number of thioether (sulfide) groups is 1. The Kier molecular flexibility index (Phi) is 5.39. The van der Waals surface area contributed by atoms with E-state index in [4.69, 9.17) is 0 Å². The summed E-state index contributed by atoms with van der Waals surface area (Å²) in [6, 6.07) is 2.08. The zero-order valence-corrected chi connectivity index (χ0v) is 14.3. The van der Waals surface area contributed by atoms with Gasteiger partial charge in [0.1, 0.15) is 12.1 Å². The Morgan fingerprint density at radius 2 is 2.26 bits per heavy atom. The van der Waals surface area contributed by atoms with E-state index in [9.17, 15) is 0 Å². The van der Waals surface area contributed by atoms with Crippen LogP contribution in [0.3, 0.4) is 0 Å². The van der Waals surface area contributed by atoms with Crippen LogP contribution in [0.2, 0.25) is 0 Å². The average Bonchev–Trinajstić information content (AvgIpc) is 2.97. The molecular formula is C14H22N8S. The Balaban J connectivity index is 1.50. The summed E-state index contributed by atoms with van der Waals surface area (Å²) in [5.41, 5.74) is 1.14. The first kappa shape index (κ1) is 16.1. The normalized spacial score (nSPS) is 19.0. The molecule has 1 aliphatic rings. The van der Waals surface area contributed by atoms with Gasteiger partial charge < -0.3 is 10.2 Å². The van der Waals surface area contributed by atoms with Gasteiger partial charge in [-0.25, -0.2) is 14.6 Å². The number of likely N-dealkylation sites (tertiary alicyclic amines) is 1. The molecule has 1 atom stereocenters. The first-order chi connectivity index (χ1) is 11.2. The van der Waals surface area contributed by atoms with Crippen LogP contribution < -0.4 is 5.32 Å². The van der Waals surface area contributed by atoms with E-state index in [2.05, 4.69) is 48.8 Å². The topological polar surface area (TPSA) is 84.6 Å². The van der Waals surface area contributed by atoms with E-state index in [1.165, 1.54) is 19.4 Å². The number of tetrazole rings is 1. The van der Waals surface area contributed by atoms with Gasteiger partial charge in [0, 0.05) is 37.9 Å². The van der Waals surface area contributed by atoms with Crippen LogP contribution in [0.1, 0.15) is 24.5 Å². The van der Waals surface area contributed by atoms with Crippen molar-refractivity contribution >= 4 is 17.6 Å². The summed E-state index contributed by atoms with van der Waals surface area (Å²) >= 11 is 1.62. The Labute approximate surface area is 140 Å². The lowest BCUT2D eigenvalue weighted by atomic mass is 9.95. The molecule has 1 fully saturated rings. The van der Waals surface area contributed by atoms with Crippen molar-refractivity contribution in [3.05, 3.63) is 18.1 Å². The van der Waals surface area contributed by atoms with E-state index < -0.39 is 0 Å². The van der Waals surface area contributed by atoms with Gasteiger partial charge in [0.2, 0.25) is 5.16 Å². The first-order valence-electron chi connectivity index (χ1n) is 7.82. The quantitative estimate of drug-likeness (QED) is 0.619. The number of hydrogen-bond acceptors (Lipinski definition) is 8. The summed E-state index contributed by atoms with van der Waals surface area (Å²) in [4.78, 5) is 11.1. The van der Waals surface area contributed by atoms with E-state index in [1.807, 2.05) is 7.05 Å². The molecule has 124 valence electrons. The van der Waals surface area contributed by atoms with Gasteiger partial charge >= 0.3 is 0 Å². The molecule has 0 unspecified atom stereocenters. The number of nitrogens with zero attached hydrogens (tertiary/aromatic N) is 7. The smallest absolute Gasteiger partial charge is 0.209 e. The van der Waals surface area contributed by atoms with Gasteiger partial charge in [-0.05, 0) is 36.9 Å². The minimum absolute atomic E-state index is 0.511. The molecule has 1 aliphatic heterocycles. The minimum atomic E-state index is 0.511. The number of likely N-dealkylation sites (N-methyl/N-ethyl adjacent to an activating group) is 1. The number of anilines is 1. The summed E-state index contributed by atoms with van der Waals surface area (Å²) in [7, 11) is 4.01. The van der Waals surface area contributed by atoms with Gasteiger partial charge in [-0.2, -0.15) is 0 Å². The molecule has 23 heavy (non-hydrogen) atoms. The SMILES string of the molecule is CN1CCC[C@H](c2cc(NCCSc3nnnn3C)ncn2)C1. The van der Waals surface area contributed by atoms with Crippen LogP contribution in [-0.2, 0) is 7.05 Å². The lowest BCUT2D eigenvalue weighted by Crippen LogP contribution is -2.31. The van der Waals surface area contributed by atoms with E-state index in [0.717, 1.165) is 35.5 Å². The summed E-state index contributed by atoms with van der Waals surface area (Å²) in [5, 5.41) is 15.6. The van der Waals surface area contributed by atoms with E-state index in [0.29, 0.717) is 5.92 Å². The molecule has 0 spiro atoms. The van der Waals surface area contributed by atoms with E-state index >= 15 is 0 Å². The molecule has 0 saturated carbocycles. The molecular weight excluding hydrogens is 312 g/mol. The van der Waals surface area contributed by atoms with Gasteiger partial charge in [-0.3, -0.25) is 0 Å². The van der Waals surface area contributed by atoms with Crippen molar-refractivity contribution in [3.63, 3.8) is 0 Å². The molecule has 8 nitrogen and oxygen atoms in total. The molecule has 0 aliphatic carbocycles. The zero-order valence-electron chi connectivity index (χ0n) is 13.5. The second-order valence-electron chi connectivity index (χ2n) is 5.79. The Hall–Kier alpha value is -1.74. The summed E-state index contributed by atoms with van der Waals surface area (Å²) in [6.07, 6.45) is 4.10. The lowest BCUT2D eigenvalue weighted by molar-refractivity contribution is 0.248. The van der Waals surface area contributed by atoms with Crippen molar-refractivity contribution in [3.8, 4) is 0 Å². The van der Waals surface area contributed by atoms with Crippen LogP contribution >= 0.6 is 11.8 Å². The van der Waals surface area contributed by atoms with Crippen molar-refractivity contribution < 1.29 is 0 Å². The van der Waals surface area contributed by atoms with Gasteiger partial charge in [-0.1, -0.05) is 11.8 Å². The van der Waals surface area contributed by atoms with Crippen molar-refractivity contribution in [2.45, 2.75) is 23.9 Å². The molecule has 0 bridgehead atoms. The molecule has 2 aromatic rings.